The summed E-state index contributed by atoms with van der Waals surface area (Å²) < 4.78 is 0. The molecule has 0 fully saturated rings. The number of hydrogen-bond acceptors (Lipinski definition) is 1. The molecule has 1 aromatic rings. The van der Waals surface area contributed by atoms with Crippen LogP contribution in [-0.4, -0.2) is 11.1 Å². The normalized spacial score (nSPS) is 16.4. The second-order valence-corrected chi connectivity index (χ2v) is 5.26. The van der Waals surface area contributed by atoms with Gasteiger partial charge in [-0.1, -0.05) is 24.6 Å². The largest absolute Gasteiger partial charge is 0.481 e. The molecule has 17 heavy (non-hydrogen) atoms. The highest BCUT2D eigenvalue weighted by Crippen LogP contribution is 2.32. The average molecular weight is 253 g/mol. The Morgan fingerprint density at radius 1 is 1.35 bits per heavy atom. The molecular weight excluding hydrogens is 236 g/mol. The third kappa shape index (κ3) is 2.81. The van der Waals surface area contributed by atoms with E-state index in [1.165, 1.54) is 24.0 Å². The van der Waals surface area contributed by atoms with Crippen molar-refractivity contribution in [2.75, 3.05) is 0 Å². The molecule has 1 unspecified atom stereocenters. The minimum absolute atomic E-state index is 0.0211. The first kappa shape index (κ1) is 12.4. The predicted molar refractivity (Wildman–Crippen MR) is 68.8 cm³/mol. The second-order valence-electron chi connectivity index (χ2n) is 4.85. The summed E-state index contributed by atoms with van der Waals surface area (Å²) in [5, 5.41) is 9.55. The van der Waals surface area contributed by atoms with E-state index in [-0.39, 0.29) is 12.3 Å². The van der Waals surface area contributed by atoms with Crippen molar-refractivity contribution in [3.8, 4) is 0 Å². The quantitative estimate of drug-likeness (QED) is 0.889. The molecule has 0 radical (unpaired) electrons. The lowest BCUT2D eigenvalue weighted by atomic mass is 9.87. The van der Waals surface area contributed by atoms with Crippen LogP contribution in [0.5, 0.6) is 0 Å². The molecule has 3 heteroatoms. The van der Waals surface area contributed by atoms with Crippen LogP contribution >= 0.6 is 11.6 Å². The number of carboxylic acid groups (broad SMARTS) is 1. The summed E-state index contributed by atoms with van der Waals surface area (Å²) in [7, 11) is 0. The highest BCUT2D eigenvalue weighted by atomic mass is 35.5. The molecule has 1 aromatic carbocycles. The molecule has 1 aliphatic carbocycles. The Labute approximate surface area is 107 Å². The molecule has 2 nitrogen and oxygen atoms in total. The van der Waals surface area contributed by atoms with E-state index in [4.69, 9.17) is 16.7 Å². The highest BCUT2D eigenvalue weighted by Gasteiger charge is 2.17. The highest BCUT2D eigenvalue weighted by molar-refractivity contribution is 6.31. The fourth-order valence-corrected chi connectivity index (χ4v) is 2.90. The zero-order valence-corrected chi connectivity index (χ0v) is 10.8. The molecule has 1 N–H and O–H groups in total. The van der Waals surface area contributed by atoms with Gasteiger partial charge in [0, 0.05) is 5.02 Å². The van der Waals surface area contributed by atoms with Crippen molar-refractivity contribution in [3.05, 3.63) is 33.8 Å². The van der Waals surface area contributed by atoms with Crippen LogP contribution in [0, 0.1) is 0 Å². The van der Waals surface area contributed by atoms with E-state index in [1.807, 2.05) is 13.0 Å². The maximum atomic E-state index is 10.7. The molecule has 0 bridgehead atoms. The maximum Gasteiger partial charge on any atom is 0.303 e. The fraction of sp³-hybridized carbons (Fsp3) is 0.500. The molecule has 0 saturated heterocycles. The van der Waals surface area contributed by atoms with Crippen LogP contribution in [0.15, 0.2) is 12.1 Å². The molecule has 0 amide bonds. The van der Waals surface area contributed by atoms with Crippen molar-refractivity contribution in [3.63, 3.8) is 0 Å². The molecule has 1 aliphatic rings. The fourth-order valence-electron chi connectivity index (χ4n) is 2.52. The Morgan fingerprint density at radius 3 is 2.53 bits per heavy atom. The van der Waals surface area contributed by atoms with Gasteiger partial charge < -0.3 is 5.11 Å². The number of halogens is 1. The third-order valence-corrected chi connectivity index (χ3v) is 3.80. The van der Waals surface area contributed by atoms with Gasteiger partial charge in [-0.15, -0.1) is 0 Å². The van der Waals surface area contributed by atoms with Gasteiger partial charge in [-0.2, -0.15) is 0 Å². The first-order valence-corrected chi connectivity index (χ1v) is 6.48. The molecule has 0 aromatic heterocycles. The first-order chi connectivity index (χ1) is 8.08. The summed E-state index contributed by atoms with van der Waals surface area (Å²) in [6, 6.07) is 4.15. The second kappa shape index (κ2) is 5.09. The Morgan fingerprint density at radius 2 is 1.94 bits per heavy atom. The number of benzene rings is 1. The standard InChI is InChI=1S/C14H17ClO2/c1-9(6-14(16)17)12-7-10-4-2-3-5-11(10)8-13(12)15/h7-9H,2-6H2,1H3,(H,16,17). The van der Waals surface area contributed by atoms with E-state index in [1.54, 1.807) is 0 Å². The minimum atomic E-state index is -0.772. The van der Waals surface area contributed by atoms with Crippen LogP contribution in [-0.2, 0) is 17.6 Å². The molecule has 0 saturated carbocycles. The van der Waals surface area contributed by atoms with Gasteiger partial charge in [-0.3, -0.25) is 4.79 Å². The SMILES string of the molecule is CC(CC(=O)O)c1cc2c(cc1Cl)CCCC2. The zero-order chi connectivity index (χ0) is 12.4. The van der Waals surface area contributed by atoms with E-state index >= 15 is 0 Å². The summed E-state index contributed by atoms with van der Waals surface area (Å²) in [6.45, 7) is 1.92. The van der Waals surface area contributed by atoms with Gasteiger partial charge in [-0.05, 0) is 54.4 Å². The van der Waals surface area contributed by atoms with E-state index in [0.29, 0.717) is 0 Å². The Hall–Kier alpha value is -1.02. The van der Waals surface area contributed by atoms with Crippen LogP contribution in [0.4, 0.5) is 0 Å². The van der Waals surface area contributed by atoms with Crippen LogP contribution in [0.3, 0.4) is 0 Å². The van der Waals surface area contributed by atoms with Crippen LogP contribution in [0.25, 0.3) is 0 Å². The van der Waals surface area contributed by atoms with Crippen molar-refractivity contribution in [2.45, 2.75) is 44.9 Å². The summed E-state index contributed by atoms with van der Waals surface area (Å²) in [5.74, 6) is -0.793. The molecule has 1 atom stereocenters. The third-order valence-electron chi connectivity index (χ3n) is 3.47. The van der Waals surface area contributed by atoms with Gasteiger partial charge in [0.2, 0.25) is 0 Å². The molecule has 2 rings (SSSR count). The molecule has 0 heterocycles. The van der Waals surface area contributed by atoms with E-state index in [9.17, 15) is 4.79 Å². The summed E-state index contributed by atoms with van der Waals surface area (Å²) in [4.78, 5) is 10.7. The first-order valence-electron chi connectivity index (χ1n) is 6.11. The predicted octanol–water partition coefficient (Wildman–Crippen LogP) is 3.80. The van der Waals surface area contributed by atoms with E-state index < -0.39 is 5.97 Å². The number of hydrogen-bond donors (Lipinski definition) is 1. The van der Waals surface area contributed by atoms with E-state index in [2.05, 4.69) is 6.07 Å². The molecule has 92 valence electrons. The van der Waals surface area contributed by atoms with Gasteiger partial charge in [0.25, 0.3) is 0 Å². The lowest BCUT2D eigenvalue weighted by Gasteiger charge is -2.20. The average Bonchev–Trinajstić information content (AvgIpc) is 2.27. The summed E-state index contributed by atoms with van der Waals surface area (Å²) in [5.41, 5.74) is 3.68. The summed E-state index contributed by atoms with van der Waals surface area (Å²) in [6.07, 6.45) is 4.79. The van der Waals surface area contributed by atoms with Gasteiger partial charge in [-0.25, -0.2) is 0 Å². The Balaban J connectivity index is 2.31. The van der Waals surface area contributed by atoms with Crippen molar-refractivity contribution in [2.24, 2.45) is 0 Å². The minimum Gasteiger partial charge on any atom is -0.481 e. The van der Waals surface area contributed by atoms with Gasteiger partial charge >= 0.3 is 5.97 Å². The van der Waals surface area contributed by atoms with Crippen LogP contribution in [0.1, 0.15) is 48.8 Å². The van der Waals surface area contributed by atoms with Gasteiger partial charge in [0.1, 0.15) is 0 Å². The summed E-state index contributed by atoms with van der Waals surface area (Å²) >= 11 is 6.25. The number of aryl methyl sites for hydroxylation is 2. The van der Waals surface area contributed by atoms with Crippen molar-refractivity contribution in [1.82, 2.24) is 0 Å². The van der Waals surface area contributed by atoms with Crippen LogP contribution < -0.4 is 0 Å². The van der Waals surface area contributed by atoms with Crippen molar-refractivity contribution >= 4 is 17.6 Å². The lowest BCUT2D eigenvalue weighted by Crippen LogP contribution is -2.07. The Bertz CT molecular complexity index is 440. The number of aliphatic carboxylic acids is 1. The number of carboxylic acids is 1. The van der Waals surface area contributed by atoms with Gasteiger partial charge in [0.15, 0.2) is 0 Å². The molecule has 0 spiro atoms. The molecule has 0 aliphatic heterocycles. The molecular formula is C14H17ClO2. The number of rotatable bonds is 3. The van der Waals surface area contributed by atoms with Crippen molar-refractivity contribution in [1.29, 1.82) is 0 Å². The monoisotopic (exact) mass is 252 g/mol. The van der Waals surface area contributed by atoms with Gasteiger partial charge in [0.05, 0.1) is 6.42 Å². The zero-order valence-electron chi connectivity index (χ0n) is 10.0. The maximum absolute atomic E-state index is 10.7. The topological polar surface area (TPSA) is 37.3 Å². The van der Waals surface area contributed by atoms with E-state index in [0.717, 1.165) is 23.4 Å². The lowest BCUT2D eigenvalue weighted by molar-refractivity contribution is -0.137. The smallest absolute Gasteiger partial charge is 0.303 e. The van der Waals surface area contributed by atoms with Crippen LogP contribution in [0.2, 0.25) is 5.02 Å². The van der Waals surface area contributed by atoms with Crippen molar-refractivity contribution < 1.29 is 9.90 Å². The Kier molecular flexibility index (Phi) is 3.72. The number of carbonyl (C=O) groups is 1. The number of fused-ring (bicyclic) bond motifs is 1.